The molecule has 1 atom stereocenters. The molecule has 0 radical (unpaired) electrons. The van der Waals surface area contributed by atoms with Crippen molar-refractivity contribution in [3.63, 3.8) is 0 Å². The number of likely N-dealkylation sites (tertiary alicyclic amines) is 1. The fourth-order valence-electron chi connectivity index (χ4n) is 2.44. The Morgan fingerprint density at radius 3 is 3.06 bits per heavy atom. The minimum absolute atomic E-state index is 0.618. The van der Waals surface area contributed by atoms with Crippen LogP contribution in [0.1, 0.15) is 30.9 Å². The van der Waals surface area contributed by atoms with Crippen molar-refractivity contribution in [1.82, 2.24) is 15.2 Å². The summed E-state index contributed by atoms with van der Waals surface area (Å²) in [6.45, 7) is 5.15. The molecule has 1 saturated carbocycles. The maximum atomic E-state index is 5.44. The number of nitrogens with zero attached hydrogens (tertiary/aromatic N) is 2. The van der Waals surface area contributed by atoms with Crippen molar-refractivity contribution >= 4 is 0 Å². The maximum absolute atomic E-state index is 5.44. The number of aryl methyl sites for hydroxylation is 1. The Balaban J connectivity index is 1.45. The van der Waals surface area contributed by atoms with Crippen molar-refractivity contribution < 1.29 is 4.42 Å². The van der Waals surface area contributed by atoms with Gasteiger partial charge in [-0.25, -0.2) is 4.98 Å². The fraction of sp³-hybridized carbons (Fsp3) is 0.750. The van der Waals surface area contributed by atoms with Crippen LogP contribution in [0, 0.1) is 6.92 Å². The Morgan fingerprint density at radius 2 is 2.38 bits per heavy atom. The van der Waals surface area contributed by atoms with E-state index < -0.39 is 0 Å². The molecule has 0 amide bonds. The summed E-state index contributed by atoms with van der Waals surface area (Å²) < 4.78 is 5.44. The molecule has 2 aliphatic rings. The quantitative estimate of drug-likeness (QED) is 0.832. The summed E-state index contributed by atoms with van der Waals surface area (Å²) in [6, 6.07) is 1.52. The van der Waals surface area contributed by atoms with Crippen molar-refractivity contribution in [3.05, 3.63) is 17.8 Å². The lowest BCUT2D eigenvalue weighted by Crippen LogP contribution is -2.32. The zero-order chi connectivity index (χ0) is 11.0. The van der Waals surface area contributed by atoms with Crippen molar-refractivity contribution in [2.24, 2.45) is 0 Å². The first-order valence-corrected chi connectivity index (χ1v) is 6.20. The second-order valence-electron chi connectivity index (χ2n) is 4.96. The van der Waals surface area contributed by atoms with Crippen molar-refractivity contribution in [2.45, 2.75) is 44.8 Å². The van der Waals surface area contributed by atoms with Crippen LogP contribution in [0.4, 0.5) is 0 Å². The van der Waals surface area contributed by atoms with Gasteiger partial charge in [-0.3, -0.25) is 4.90 Å². The van der Waals surface area contributed by atoms with Gasteiger partial charge >= 0.3 is 0 Å². The first kappa shape index (κ1) is 10.3. The van der Waals surface area contributed by atoms with E-state index in [0.29, 0.717) is 6.04 Å². The molecule has 0 bridgehead atoms. The van der Waals surface area contributed by atoms with Crippen LogP contribution in [-0.2, 0) is 6.54 Å². The van der Waals surface area contributed by atoms with Crippen molar-refractivity contribution in [3.8, 4) is 0 Å². The lowest BCUT2D eigenvalue weighted by Gasteiger charge is -2.14. The summed E-state index contributed by atoms with van der Waals surface area (Å²) >= 11 is 0. The van der Waals surface area contributed by atoms with Gasteiger partial charge in [-0.1, -0.05) is 0 Å². The van der Waals surface area contributed by atoms with Gasteiger partial charge in [-0.15, -0.1) is 0 Å². The molecule has 1 aromatic rings. The van der Waals surface area contributed by atoms with Crippen LogP contribution in [0.3, 0.4) is 0 Å². The van der Waals surface area contributed by atoms with Gasteiger partial charge in [-0.2, -0.15) is 0 Å². The Bertz CT molecular complexity index is 359. The second kappa shape index (κ2) is 4.18. The summed E-state index contributed by atoms with van der Waals surface area (Å²) in [7, 11) is 0. The number of aromatic nitrogens is 1. The molecule has 16 heavy (non-hydrogen) atoms. The summed E-state index contributed by atoms with van der Waals surface area (Å²) in [5, 5.41) is 3.53. The average molecular weight is 221 g/mol. The van der Waals surface area contributed by atoms with Crippen LogP contribution in [-0.4, -0.2) is 35.1 Å². The van der Waals surface area contributed by atoms with Crippen LogP contribution in [0.25, 0.3) is 0 Å². The van der Waals surface area contributed by atoms with Crippen LogP contribution in [0.2, 0.25) is 0 Å². The predicted octanol–water partition coefficient (Wildman–Crippen LogP) is 1.31. The molecule has 1 N–H and O–H groups in total. The summed E-state index contributed by atoms with van der Waals surface area (Å²) in [4.78, 5) is 6.81. The largest absolute Gasteiger partial charge is 0.445 e. The van der Waals surface area contributed by atoms with Gasteiger partial charge in [0.15, 0.2) is 0 Å². The normalized spacial score (nSPS) is 26.4. The van der Waals surface area contributed by atoms with Gasteiger partial charge in [0.25, 0.3) is 0 Å². The third kappa shape index (κ3) is 2.28. The van der Waals surface area contributed by atoms with E-state index in [9.17, 15) is 0 Å². The van der Waals surface area contributed by atoms with Crippen LogP contribution >= 0.6 is 0 Å². The highest BCUT2D eigenvalue weighted by Gasteiger charge is 2.34. The van der Waals surface area contributed by atoms with Crippen LogP contribution < -0.4 is 5.32 Å². The zero-order valence-corrected chi connectivity index (χ0v) is 9.78. The lowest BCUT2D eigenvalue weighted by molar-refractivity contribution is 0.315. The molecule has 0 aromatic carbocycles. The van der Waals surface area contributed by atoms with Gasteiger partial charge < -0.3 is 9.73 Å². The summed E-state index contributed by atoms with van der Waals surface area (Å²) in [5.41, 5.74) is 0. The number of rotatable bonds is 4. The van der Waals surface area contributed by atoms with Gasteiger partial charge in [-0.05, 0) is 26.2 Å². The van der Waals surface area contributed by atoms with E-state index >= 15 is 0 Å². The Morgan fingerprint density at radius 1 is 1.50 bits per heavy atom. The molecule has 4 heteroatoms. The molecule has 0 spiro atoms. The van der Waals surface area contributed by atoms with Gasteiger partial charge in [0.05, 0.1) is 12.7 Å². The molecule has 4 nitrogen and oxygen atoms in total. The monoisotopic (exact) mass is 221 g/mol. The molecule has 1 saturated heterocycles. The van der Waals surface area contributed by atoms with E-state index in [2.05, 4.69) is 15.2 Å². The van der Waals surface area contributed by atoms with Gasteiger partial charge in [0, 0.05) is 25.2 Å². The van der Waals surface area contributed by atoms with E-state index in [0.717, 1.165) is 24.2 Å². The molecule has 1 aliphatic carbocycles. The van der Waals surface area contributed by atoms with E-state index in [1.165, 1.54) is 32.4 Å². The number of nitrogens with one attached hydrogen (secondary N) is 1. The van der Waals surface area contributed by atoms with Crippen molar-refractivity contribution in [1.29, 1.82) is 0 Å². The molecule has 3 rings (SSSR count). The van der Waals surface area contributed by atoms with Gasteiger partial charge in [0.1, 0.15) is 5.76 Å². The lowest BCUT2D eigenvalue weighted by atomic mass is 10.2. The summed E-state index contributed by atoms with van der Waals surface area (Å²) in [5.74, 6) is 1.70. The standard InChI is InChI=1S/C12H19N3O/c1-9-6-14-12(16-9)7-13-10-4-5-15(8-10)11-2-3-11/h6,10-11,13H,2-5,7-8H2,1H3. The smallest absolute Gasteiger partial charge is 0.208 e. The molecule has 1 unspecified atom stereocenters. The second-order valence-corrected chi connectivity index (χ2v) is 4.96. The maximum Gasteiger partial charge on any atom is 0.208 e. The molecular weight excluding hydrogens is 202 g/mol. The zero-order valence-electron chi connectivity index (χ0n) is 9.78. The molecule has 2 heterocycles. The van der Waals surface area contributed by atoms with Gasteiger partial charge in [0.2, 0.25) is 5.89 Å². The van der Waals surface area contributed by atoms with E-state index in [1.807, 2.05) is 6.92 Å². The highest BCUT2D eigenvalue weighted by Crippen LogP contribution is 2.29. The fourth-order valence-corrected chi connectivity index (χ4v) is 2.44. The molecule has 1 aromatic heterocycles. The predicted molar refractivity (Wildman–Crippen MR) is 61.1 cm³/mol. The third-order valence-electron chi connectivity index (χ3n) is 3.49. The number of hydrogen-bond donors (Lipinski definition) is 1. The van der Waals surface area contributed by atoms with E-state index in [-0.39, 0.29) is 0 Å². The molecular formula is C12H19N3O. The summed E-state index contributed by atoms with van der Waals surface area (Å²) in [6.07, 6.45) is 5.86. The molecule has 2 fully saturated rings. The van der Waals surface area contributed by atoms with Crippen LogP contribution in [0.5, 0.6) is 0 Å². The molecule has 88 valence electrons. The minimum Gasteiger partial charge on any atom is -0.445 e. The Labute approximate surface area is 96.0 Å². The first-order valence-electron chi connectivity index (χ1n) is 6.20. The SMILES string of the molecule is Cc1cnc(CNC2CCN(C3CC3)C2)o1. The first-order chi connectivity index (χ1) is 7.81. The average Bonchev–Trinajstić information content (AvgIpc) is 2.87. The van der Waals surface area contributed by atoms with Crippen molar-refractivity contribution in [2.75, 3.05) is 13.1 Å². The highest BCUT2D eigenvalue weighted by atomic mass is 16.4. The van der Waals surface area contributed by atoms with Crippen LogP contribution in [0.15, 0.2) is 10.6 Å². The highest BCUT2D eigenvalue weighted by molar-refractivity contribution is 4.94. The molecule has 1 aliphatic heterocycles. The third-order valence-corrected chi connectivity index (χ3v) is 3.49. The minimum atomic E-state index is 0.618. The Hall–Kier alpha value is -0.870. The number of hydrogen-bond acceptors (Lipinski definition) is 4. The Kier molecular flexibility index (Phi) is 2.69. The number of oxazole rings is 1. The van der Waals surface area contributed by atoms with E-state index in [1.54, 1.807) is 6.20 Å². The van der Waals surface area contributed by atoms with E-state index in [4.69, 9.17) is 4.42 Å². The topological polar surface area (TPSA) is 41.3 Å².